The standard InChI is InChI=1S/C22H30O2/c1-5-22(24)13-11-20(3)18-9-6-15-14-16(23)7-8-17(15)19(18,2)10-12-21(20,22)4/h1,14,17-18,24H,6-13H2,2-4H3/t17-,18+,19+,20-,21-,22-/m0/s1. The Balaban J connectivity index is 1.78. The highest BCUT2D eigenvalue weighted by atomic mass is 16.3. The van der Waals surface area contributed by atoms with E-state index in [1.165, 1.54) is 5.57 Å². The van der Waals surface area contributed by atoms with Crippen LogP contribution in [0.15, 0.2) is 11.6 Å². The molecule has 0 aromatic rings. The Morgan fingerprint density at radius 3 is 2.58 bits per heavy atom. The fourth-order valence-corrected chi connectivity index (χ4v) is 7.40. The summed E-state index contributed by atoms with van der Waals surface area (Å²) < 4.78 is 0. The molecule has 0 aromatic heterocycles. The minimum atomic E-state index is -0.957. The summed E-state index contributed by atoms with van der Waals surface area (Å²) in [4.78, 5) is 11.9. The second-order valence-electron chi connectivity index (χ2n) is 9.63. The monoisotopic (exact) mass is 326 g/mol. The summed E-state index contributed by atoms with van der Waals surface area (Å²) in [5.41, 5.74) is 0.599. The van der Waals surface area contributed by atoms with E-state index in [9.17, 15) is 9.90 Å². The number of rotatable bonds is 0. The number of terminal acetylenes is 1. The van der Waals surface area contributed by atoms with Crippen molar-refractivity contribution in [2.75, 3.05) is 0 Å². The third-order valence-corrected chi connectivity index (χ3v) is 9.14. The number of aliphatic hydroxyl groups is 1. The molecule has 0 amide bonds. The van der Waals surface area contributed by atoms with Gasteiger partial charge in [-0.25, -0.2) is 0 Å². The van der Waals surface area contributed by atoms with Gasteiger partial charge in [0.2, 0.25) is 0 Å². The van der Waals surface area contributed by atoms with Gasteiger partial charge in [0.15, 0.2) is 5.78 Å². The van der Waals surface area contributed by atoms with Crippen LogP contribution in [0.4, 0.5) is 0 Å². The first-order chi connectivity index (χ1) is 11.2. The van der Waals surface area contributed by atoms with Crippen molar-refractivity contribution in [3.05, 3.63) is 11.6 Å². The molecule has 2 nitrogen and oxygen atoms in total. The Morgan fingerprint density at radius 2 is 1.88 bits per heavy atom. The van der Waals surface area contributed by atoms with Gasteiger partial charge in [0.1, 0.15) is 5.60 Å². The van der Waals surface area contributed by atoms with E-state index in [0.717, 1.165) is 44.9 Å². The van der Waals surface area contributed by atoms with Crippen LogP contribution in [-0.2, 0) is 4.79 Å². The van der Waals surface area contributed by atoms with Crippen molar-refractivity contribution in [3.8, 4) is 12.3 Å². The number of hydrogen-bond donors (Lipinski definition) is 1. The van der Waals surface area contributed by atoms with Crippen LogP contribution in [0.5, 0.6) is 0 Å². The van der Waals surface area contributed by atoms with Crippen LogP contribution in [0.1, 0.15) is 72.1 Å². The van der Waals surface area contributed by atoms with E-state index in [1.807, 2.05) is 6.08 Å². The average Bonchev–Trinajstić information content (AvgIpc) is 2.76. The van der Waals surface area contributed by atoms with Gasteiger partial charge < -0.3 is 5.11 Å². The maximum atomic E-state index is 11.9. The van der Waals surface area contributed by atoms with Gasteiger partial charge in [-0.1, -0.05) is 32.3 Å². The quantitative estimate of drug-likeness (QED) is 0.675. The molecule has 0 radical (unpaired) electrons. The molecule has 0 bridgehead atoms. The molecule has 4 aliphatic carbocycles. The summed E-state index contributed by atoms with van der Waals surface area (Å²) in [6.45, 7) is 7.10. The first-order valence-electron chi connectivity index (χ1n) is 9.64. The van der Waals surface area contributed by atoms with Crippen molar-refractivity contribution >= 4 is 5.78 Å². The van der Waals surface area contributed by atoms with Crippen LogP contribution >= 0.6 is 0 Å². The molecule has 0 spiro atoms. The Bertz CT molecular complexity index is 670. The molecule has 0 unspecified atom stereocenters. The van der Waals surface area contributed by atoms with Crippen LogP contribution in [0, 0.1) is 40.4 Å². The van der Waals surface area contributed by atoms with Gasteiger partial charge in [-0.05, 0) is 73.7 Å². The minimum Gasteiger partial charge on any atom is -0.377 e. The van der Waals surface area contributed by atoms with E-state index in [-0.39, 0.29) is 16.2 Å². The minimum absolute atomic E-state index is 0.0914. The smallest absolute Gasteiger partial charge is 0.155 e. The Kier molecular flexibility index (Phi) is 3.25. The predicted octanol–water partition coefficient (Wildman–Crippen LogP) is 4.27. The summed E-state index contributed by atoms with van der Waals surface area (Å²) in [6, 6.07) is 0. The van der Waals surface area contributed by atoms with Crippen molar-refractivity contribution in [3.63, 3.8) is 0 Å². The van der Waals surface area contributed by atoms with Crippen molar-refractivity contribution in [2.45, 2.75) is 77.7 Å². The Labute approximate surface area is 146 Å². The zero-order valence-electron chi connectivity index (χ0n) is 15.3. The summed E-state index contributed by atoms with van der Waals surface area (Å²) >= 11 is 0. The lowest BCUT2D eigenvalue weighted by molar-refractivity contribution is -0.169. The van der Waals surface area contributed by atoms with Gasteiger partial charge in [-0.15, -0.1) is 6.42 Å². The summed E-state index contributed by atoms with van der Waals surface area (Å²) in [5.74, 6) is 4.23. The van der Waals surface area contributed by atoms with Gasteiger partial charge in [-0.3, -0.25) is 4.79 Å². The molecule has 0 saturated heterocycles. The molecule has 24 heavy (non-hydrogen) atoms. The highest BCUT2D eigenvalue weighted by molar-refractivity contribution is 5.91. The topological polar surface area (TPSA) is 37.3 Å². The van der Waals surface area contributed by atoms with Crippen LogP contribution in [0.2, 0.25) is 0 Å². The van der Waals surface area contributed by atoms with Crippen molar-refractivity contribution in [1.29, 1.82) is 0 Å². The number of hydrogen-bond acceptors (Lipinski definition) is 2. The van der Waals surface area contributed by atoms with Crippen LogP contribution in [0.25, 0.3) is 0 Å². The van der Waals surface area contributed by atoms with Gasteiger partial charge in [0.25, 0.3) is 0 Å². The number of allylic oxidation sites excluding steroid dienone is 1. The normalized spacial score (nSPS) is 53.5. The van der Waals surface area contributed by atoms with E-state index in [1.54, 1.807) is 0 Å². The van der Waals surface area contributed by atoms with Gasteiger partial charge >= 0.3 is 0 Å². The Morgan fingerprint density at radius 1 is 1.12 bits per heavy atom. The number of fused-ring (bicyclic) bond motifs is 5. The first kappa shape index (κ1) is 16.4. The molecular formula is C22H30O2. The van der Waals surface area contributed by atoms with Crippen LogP contribution in [-0.4, -0.2) is 16.5 Å². The third kappa shape index (κ3) is 1.70. The van der Waals surface area contributed by atoms with Crippen LogP contribution < -0.4 is 0 Å². The van der Waals surface area contributed by atoms with E-state index in [4.69, 9.17) is 6.42 Å². The summed E-state index contributed by atoms with van der Waals surface area (Å²) in [5, 5.41) is 11.2. The zero-order chi connectivity index (χ0) is 17.4. The van der Waals surface area contributed by atoms with Crippen molar-refractivity contribution in [1.82, 2.24) is 0 Å². The lowest BCUT2D eigenvalue weighted by Crippen LogP contribution is -2.60. The lowest BCUT2D eigenvalue weighted by Gasteiger charge is -2.65. The highest BCUT2D eigenvalue weighted by Gasteiger charge is 2.70. The van der Waals surface area contributed by atoms with Gasteiger partial charge in [0.05, 0.1) is 0 Å². The first-order valence-corrected chi connectivity index (χ1v) is 9.64. The van der Waals surface area contributed by atoms with E-state index in [2.05, 4.69) is 26.7 Å². The second kappa shape index (κ2) is 4.76. The molecule has 1 N–H and O–H groups in total. The zero-order valence-corrected chi connectivity index (χ0v) is 15.3. The van der Waals surface area contributed by atoms with Gasteiger partial charge in [-0.2, -0.15) is 0 Å². The molecule has 6 atom stereocenters. The molecule has 3 saturated carbocycles. The molecule has 0 heterocycles. The Hall–Kier alpha value is -1.07. The van der Waals surface area contributed by atoms with Crippen molar-refractivity contribution < 1.29 is 9.90 Å². The predicted molar refractivity (Wildman–Crippen MR) is 95.1 cm³/mol. The molecule has 4 rings (SSSR count). The molecule has 130 valence electrons. The average molecular weight is 326 g/mol. The summed E-state index contributed by atoms with van der Waals surface area (Å²) in [6.07, 6.45) is 15.5. The highest BCUT2D eigenvalue weighted by Crippen LogP contribution is 2.74. The van der Waals surface area contributed by atoms with Crippen molar-refractivity contribution in [2.24, 2.45) is 28.1 Å². The fraction of sp³-hybridized carbons (Fsp3) is 0.773. The number of carbonyl (C=O) groups is 1. The molecule has 0 aromatic carbocycles. The SMILES string of the molecule is C#C[C@]1(O)CC[C@@]2(C)[C@@H]3CCC4=CC(=O)CC[C@@H]4[C@@]3(C)CC[C@@]21C. The third-order valence-electron chi connectivity index (χ3n) is 9.14. The summed E-state index contributed by atoms with van der Waals surface area (Å²) in [7, 11) is 0. The maximum absolute atomic E-state index is 11.9. The van der Waals surface area contributed by atoms with E-state index in [0.29, 0.717) is 24.0 Å². The molecule has 4 aliphatic rings. The fourth-order valence-electron chi connectivity index (χ4n) is 7.40. The van der Waals surface area contributed by atoms with Gasteiger partial charge in [0, 0.05) is 11.8 Å². The second-order valence-corrected chi connectivity index (χ2v) is 9.63. The van der Waals surface area contributed by atoms with E-state index < -0.39 is 5.60 Å². The number of carbonyl (C=O) groups excluding carboxylic acids is 1. The molecule has 2 heteroatoms. The molecular weight excluding hydrogens is 296 g/mol. The number of ketones is 1. The molecule has 3 fully saturated rings. The van der Waals surface area contributed by atoms with Crippen LogP contribution in [0.3, 0.4) is 0 Å². The largest absolute Gasteiger partial charge is 0.377 e. The maximum Gasteiger partial charge on any atom is 0.155 e. The lowest BCUT2D eigenvalue weighted by atomic mass is 9.40. The van der Waals surface area contributed by atoms with E-state index >= 15 is 0 Å². The molecule has 0 aliphatic heterocycles.